The fraction of sp³-hybridized carbons (Fsp3) is 0.923. The van der Waals surface area contributed by atoms with Crippen LogP contribution in [0.3, 0.4) is 0 Å². The topological polar surface area (TPSA) is 135 Å². The Morgan fingerprint density at radius 1 is 1.57 bits per heavy atom. The number of azide groups is 1. The highest BCUT2D eigenvalue weighted by Gasteiger charge is 2.51. The minimum atomic E-state index is -1.02. The molecule has 0 aromatic carbocycles. The molecule has 2 aliphatic rings. The van der Waals surface area contributed by atoms with Crippen LogP contribution >= 0.6 is 0 Å². The van der Waals surface area contributed by atoms with E-state index in [9.17, 15) is 9.90 Å². The van der Waals surface area contributed by atoms with Crippen molar-refractivity contribution in [2.24, 2.45) is 5.11 Å². The summed E-state index contributed by atoms with van der Waals surface area (Å²) in [6.07, 6.45) is -3.08. The molecule has 2 fully saturated rings. The third-order valence-corrected chi connectivity index (χ3v) is 3.59. The standard InChI is InChI=1S/C13H22N4O6/c1-7(18)16-9-10(19)11-8(6-21-13(2,3)23-11)22-12(9)20-5-4-15-17-14/h8-12,19H,4-6H2,1-3H3,(H,16,18)/t8?,9?,10?,11-,12?/m1/s1. The fourth-order valence-corrected chi connectivity index (χ4v) is 2.63. The Morgan fingerprint density at radius 3 is 2.96 bits per heavy atom. The molecule has 0 bridgehead atoms. The van der Waals surface area contributed by atoms with Gasteiger partial charge in [0.1, 0.15) is 24.4 Å². The molecule has 1 amide bonds. The molecule has 2 aliphatic heterocycles. The average molecular weight is 330 g/mol. The highest BCUT2D eigenvalue weighted by Crippen LogP contribution is 2.32. The van der Waals surface area contributed by atoms with Crippen LogP contribution in [0.1, 0.15) is 20.8 Å². The maximum Gasteiger partial charge on any atom is 0.217 e. The van der Waals surface area contributed by atoms with Crippen molar-refractivity contribution in [2.75, 3.05) is 19.8 Å². The quantitative estimate of drug-likeness (QED) is 0.316. The highest BCUT2D eigenvalue weighted by atomic mass is 16.8. The zero-order valence-corrected chi connectivity index (χ0v) is 13.3. The SMILES string of the molecule is CC(=O)NC1C(OCCN=[N+]=[N-])OC2COC(C)(C)O[C@H]2C1O. The van der Waals surface area contributed by atoms with Gasteiger partial charge in [0, 0.05) is 18.4 Å². The first-order chi connectivity index (χ1) is 10.8. The smallest absolute Gasteiger partial charge is 0.217 e. The molecule has 0 aliphatic carbocycles. The van der Waals surface area contributed by atoms with Crippen LogP contribution in [-0.4, -0.2) is 67.2 Å². The average Bonchev–Trinajstić information content (AvgIpc) is 2.47. The van der Waals surface area contributed by atoms with Gasteiger partial charge in [0.05, 0.1) is 13.2 Å². The van der Waals surface area contributed by atoms with Gasteiger partial charge >= 0.3 is 0 Å². The molecule has 0 aromatic heterocycles. The lowest BCUT2D eigenvalue weighted by molar-refractivity contribution is -0.368. The first kappa shape index (κ1) is 17.9. The lowest BCUT2D eigenvalue weighted by Gasteiger charge is -2.49. The van der Waals surface area contributed by atoms with Gasteiger partial charge in [-0.05, 0) is 19.4 Å². The number of hydrogen-bond acceptors (Lipinski definition) is 7. The molecule has 0 radical (unpaired) electrons. The Morgan fingerprint density at radius 2 is 2.30 bits per heavy atom. The van der Waals surface area contributed by atoms with E-state index in [0.29, 0.717) is 0 Å². The Balaban J connectivity index is 2.08. The van der Waals surface area contributed by atoms with Crippen molar-refractivity contribution in [3.8, 4) is 0 Å². The summed E-state index contributed by atoms with van der Waals surface area (Å²) in [5.74, 6) is -1.17. The van der Waals surface area contributed by atoms with Crippen LogP contribution in [-0.2, 0) is 23.7 Å². The number of aliphatic hydroxyl groups excluding tert-OH is 1. The van der Waals surface area contributed by atoms with E-state index in [1.807, 2.05) is 0 Å². The summed E-state index contributed by atoms with van der Waals surface area (Å²) >= 11 is 0. The molecule has 2 saturated heterocycles. The van der Waals surface area contributed by atoms with E-state index in [0.717, 1.165) is 0 Å². The van der Waals surface area contributed by atoms with E-state index in [-0.39, 0.29) is 25.7 Å². The minimum Gasteiger partial charge on any atom is -0.388 e. The van der Waals surface area contributed by atoms with Crippen molar-refractivity contribution in [2.45, 2.75) is 57.2 Å². The van der Waals surface area contributed by atoms with Gasteiger partial charge < -0.3 is 29.4 Å². The summed E-state index contributed by atoms with van der Waals surface area (Å²) in [7, 11) is 0. The van der Waals surface area contributed by atoms with Crippen molar-refractivity contribution >= 4 is 5.91 Å². The molecule has 0 spiro atoms. The molecule has 2 N–H and O–H groups in total. The Hall–Kier alpha value is -1.42. The van der Waals surface area contributed by atoms with E-state index >= 15 is 0 Å². The Kier molecular flexibility index (Phi) is 5.79. The Labute approximate surface area is 133 Å². The molecular formula is C13H22N4O6. The molecule has 2 heterocycles. The maximum absolute atomic E-state index is 11.4. The van der Waals surface area contributed by atoms with Gasteiger partial charge in [-0.15, -0.1) is 0 Å². The third kappa shape index (κ3) is 4.54. The van der Waals surface area contributed by atoms with Crippen LogP contribution in [0, 0.1) is 0 Å². The molecule has 23 heavy (non-hydrogen) atoms. The van der Waals surface area contributed by atoms with Crippen LogP contribution in [0.4, 0.5) is 0 Å². The summed E-state index contributed by atoms with van der Waals surface area (Å²) in [6, 6.07) is -0.797. The van der Waals surface area contributed by atoms with Gasteiger partial charge in [-0.25, -0.2) is 0 Å². The molecule has 4 unspecified atom stereocenters. The zero-order valence-electron chi connectivity index (χ0n) is 13.3. The van der Waals surface area contributed by atoms with E-state index in [4.69, 9.17) is 24.5 Å². The lowest BCUT2D eigenvalue weighted by atomic mass is 9.95. The van der Waals surface area contributed by atoms with Crippen molar-refractivity contribution in [1.29, 1.82) is 0 Å². The molecule has 2 rings (SSSR count). The third-order valence-electron chi connectivity index (χ3n) is 3.59. The normalized spacial score (nSPS) is 35.7. The van der Waals surface area contributed by atoms with E-state index in [1.54, 1.807) is 13.8 Å². The van der Waals surface area contributed by atoms with E-state index in [2.05, 4.69) is 15.3 Å². The first-order valence-corrected chi connectivity index (χ1v) is 7.39. The number of rotatable bonds is 5. The second kappa shape index (κ2) is 7.43. The van der Waals surface area contributed by atoms with Crippen molar-refractivity contribution in [3.05, 3.63) is 10.4 Å². The Bertz CT molecular complexity index is 481. The van der Waals surface area contributed by atoms with Gasteiger partial charge in [-0.1, -0.05) is 5.11 Å². The van der Waals surface area contributed by atoms with Crippen LogP contribution in [0.25, 0.3) is 10.4 Å². The molecule has 130 valence electrons. The molecular weight excluding hydrogens is 308 g/mol. The summed E-state index contributed by atoms with van der Waals surface area (Å²) in [5, 5.41) is 16.6. The number of carbonyl (C=O) groups is 1. The van der Waals surface area contributed by atoms with Gasteiger partial charge in [-0.2, -0.15) is 0 Å². The predicted octanol–water partition coefficient (Wildman–Crippen LogP) is 0.0553. The van der Waals surface area contributed by atoms with Gasteiger partial charge in [0.25, 0.3) is 0 Å². The van der Waals surface area contributed by atoms with E-state index < -0.39 is 36.4 Å². The predicted molar refractivity (Wildman–Crippen MR) is 77.1 cm³/mol. The molecule has 5 atom stereocenters. The van der Waals surface area contributed by atoms with Gasteiger partial charge in [-0.3, -0.25) is 4.79 Å². The minimum absolute atomic E-state index is 0.0993. The van der Waals surface area contributed by atoms with Crippen molar-refractivity contribution in [1.82, 2.24) is 5.32 Å². The number of fused-ring (bicyclic) bond motifs is 1. The highest BCUT2D eigenvalue weighted by molar-refractivity contribution is 5.73. The lowest BCUT2D eigenvalue weighted by Crippen LogP contribution is -2.68. The zero-order chi connectivity index (χ0) is 17.0. The van der Waals surface area contributed by atoms with E-state index in [1.165, 1.54) is 6.92 Å². The number of nitrogens with zero attached hydrogens (tertiary/aromatic N) is 3. The van der Waals surface area contributed by atoms with Crippen molar-refractivity contribution < 1.29 is 28.8 Å². The maximum atomic E-state index is 11.4. The number of hydrogen-bond donors (Lipinski definition) is 2. The van der Waals surface area contributed by atoms with Gasteiger partial charge in [0.15, 0.2) is 12.1 Å². The molecule has 10 nitrogen and oxygen atoms in total. The fourth-order valence-electron chi connectivity index (χ4n) is 2.63. The molecule has 10 heteroatoms. The largest absolute Gasteiger partial charge is 0.388 e. The number of ether oxygens (including phenoxy) is 4. The summed E-state index contributed by atoms with van der Waals surface area (Å²) in [5.41, 5.74) is 8.26. The second-order valence-corrected chi connectivity index (χ2v) is 5.88. The molecule has 0 saturated carbocycles. The summed E-state index contributed by atoms with van der Waals surface area (Å²) < 4.78 is 22.5. The monoisotopic (exact) mass is 330 g/mol. The first-order valence-electron chi connectivity index (χ1n) is 7.39. The number of amides is 1. The van der Waals surface area contributed by atoms with Crippen LogP contribution < -0.4 is 5.32 Å². The van der Waals surface area contributed by atoms with Crippen molar-refractivity contribution in [3.63, 3.8) is 0 Å². The van der Waals surface area contributed by atoms with Gasteiger partial charge in [0.2, 0.25) is 5.91 Å². The number of aliphatic hydroxyl groups is 1. The number of carbonyl (C=O) groups excluding carboxylic acids is 1. The van der Waals surface area contributed by atoms with Crippen LogP contribution in [0.15, 0.2) is 5.11 Å². The van der Waals surface area contributed by atoms with Crippen LogP contribution in [0.2, 0.25) is 0 Å². The van der Waals surface area contributed by atoms with Crippen LogP contribution in [0.5, 0.6) is 0 Å². The summed E-state index contributed by atoms with van der Waals surface area (Å²) in [6.45, 7) is 5.27. The second-order valence-electron chi connectivity index (χ2n) is 5.88. The summed E-state index contributed by atoms with van der Waals surface area (Å²) in [4.78, 5) is 14.0. The number of nitrogens with one attached hydrogen (secondary N) is 1. The molecule has 0 aromatic rings.